The lowest BCUT2D eigenvalue weighted by atomic mass is 10.2. The quantitative estimate of drug-likeness (QED) is 0.477. The van der Waals surface area contributed by atoms with Crippen LogP contribution in [0.1, 0.15) is 24.2 Å². The molecule has 6 nitrogen and oxygen atoms in total. The number of carbonyl (C=O) groups excluding carboxylic acids is 1. The van der Waals surface area contributed by atoms with Gasteiger partial charge in [-0.05, 0) is 36.4 Å². The summed E-state index contributed by atoms with van der Waals surface area (Å²) in [6.07, 6.45) is 0. The molecule has 126 valence electrons. The Labute approximate surface area is 144 Å². The minimum atomic E-state index is -0.555. The molecule has 0 aliphatic rings. The molecular formula is C17H18N2O4S. The molecule has 1 N–H and O–H groups in total. The van der Waals surface area contributed by atoms with Crippen LogP contribution in [-0.4, -0.2) is 23.2 Å². The van der Waals surface area contributed by atoms with Crippen molar-refractivity contribution in [3.05, 3.63) is 58.1 Å². The monoisotopic (exact) mass is 346 g/mol. The van der Waals surface area contributed by atoms with Crippen LogP contribution in [-0.2, 0) is 0 Å². The van der Waals surface area contributed by atoms with E-state index < -0.39 is 10.8 Å². The maximum absolute atomic E-state index is 12.3. The second-order valence-corrected chi connectivity index (χ2v) is 6.94. The Hall–Kier alpha value is -2.54. The fraction of sp³-hybridized carbons (Fsp3) is 0.235. The Kier molecular flexibility index (Phi) is 5.81. The number of ether oxygens (including phenoxy) is 1. The Bertz CT molecular complexity index is 745. The van der Waals surface area contributed by atoms with Gasteiger partial charge in [-0.3, -0.25) is 14.9 Å². The molecule has 0 heterocycles. The Morgan fingerprint density at radius 1 is 1.21 bits per heavy atom. The van der Waals surface area contributed by atoms with E-state index in [2.05, 4.69) is 19.2 Å². The molecule has 0 saturated heterocycles. The highest BCUT2D eigenvalue weighted by molar-refractivity contribution is 7.99. The SMILES string of the molecule is COc1ccc(NC(=O)c2ccc(SC(C)C)cc2)c([N+](=O)[O-])c1. The van der Waals surface area contributed by atoms with E-state index in [0.717, 1.165) is 4.90 Å². The van der Waals surface area contributed by atoms with Crippen molar-refractivity contribution < 1.29 is 14.5 Å². The van der Waals surface area contributed by atoms with Crippen LogP contribution in [0.3, 0.4) is 0 Å². The first-order valence-electron chi connectivity index (χ1n) is 7.31. The van der Waals surface area contributed by atoms with Gasteiger partial charge in [0.2, 0.25) is 0 Å². The van der Waals surface area contributed by atoms with Crippen molar-refractivity contribution in [2.75, 3.05) is 12.4 Å². The van der Waals surface area contributed by atoms with Crippen molar-refractivity contribution in [1.82, 2.24) is 0 Å². The number of anilines is 1. The first-order chi connectivity index (χ1) is 11.4. The normalized spacial score (nSPS) is 10.5. The summed E-state index contributed by atoms with van der Waals surface area (Å²) in [4.78, 5) is 24.0. The summed E-state index contributed by atoms with van der Waals surface area (Å²) in [5.74, 6) is -0.0425. The van der Waals surface area contributed by atoms with Crippen molar-refractivity contribution in [3.8, 4) is 5.75 Å². The molecule has 2 aromatic carbocycles. The summed E-state index contributed by atoms with van der Waals surface area (Å²) in [6, 6.07) is 11.4. The summed E-state index contributed by atoms with van der Waals surface area (Å²) in [6.45, 7) is 4.18. The number of thioether (sulfide) groups is 1. The van der Waals surface area contributed by atoms with Gasteiger partial charge < -0.3 is 10.1 Å². The molecule has 0 atom stereocenters. The molecule has 0 spiro atoms. The fourth-order valence-electron chi connectivity index (χ4n) is 2.05. The summed E-state index contributed by atoms with van der Waals surface area (Å²) < 4.78 is 4.97. The number of nitrogens with zero attached hydrogens (tertiary/aromatic N) is 1. The predicted octanol–water partition coefficient (Wildman–Crippen LogP) is 4.36. The number of methoxy groups -OCH3 is 1. The maximum Gasteiger partial charge on any atom is 0.296 e. The van der Waals surface area contributed by atoms with Gasteiger partial charge in [0.25, 0.3) is 11.6 Å². The van der Waals surface area contributed by atoms with E-state index >= 15 is 0 Å². The van der Waals surface area contributed by atoms with Crippen molar-refractivity contribution in [1.29, 1.82) is 0 Å². The third kappa shape index (κ3) is 4.48. The highest BCUT2D eigenvalue weighted by Gasteiger charge is 2.18. The molecule has 0 aromatic heterocycles. The Balaban J connectivity index is 2.19. The molecule has 2 aromatic rings. The fourth-order valence-corrected chi connectivity index (χ4v) is 2.88. The van der Waals surface area contributed by atoms with Crippen LogP contribution in [0.2, 0.25) is 0 Å². The Morgan fingerprint density at radius 2 is 1.88 bits per heavy atom. The van der Waals surface area contributed by atoms with Gasteiger partial charge in [0.1, 0.15) is 11.4 Å². The molecule has 0 aliphatic carbocycles. The smallest absolute Gasteiger partial charge is 0.296 e. The van der Waals surface area contributed by atoms with Gasteiger partial charge in [-0.2, -0.15) is 0 Å². The lowest BCUT2D eigenvalue weighted by Gasteiger charge is -2.09. The van der Waals surface area contributed by atoms with Gasteiger partial charge in [0, 0.05) is 15.7 Å². The molecule has 0 aliphatic heterocycles. The first kappa shape index (κ1) is 17.8. The summed E-state index contributed by atoms with van der Waals surface area (Å²) in [5.41, 5.74) is 0.356. The standard InChI is InChI=1S/C17H18N2O4S/c1-11(2)24-14-7-4-12(5-8-14)17(20)18-15-9-6-13(23-3)10-16(15)19(21)22/h4-11H,1-3H3,(H,18,20). The summed E-state index contributed by atoms with van der Waals surface area (Å²) in [7, 11) is 1.42. The van der Waals surface area contributed by atoms with E-state index in [0.29, 0.717) is 16.6 Å². The van der Waals surface area contributed by atoms with Crippen LogP contribution in [0.15, 0.2) is 47.4 Å². The van der Waals surface area contributed by atoms with E-state index in [1.54, 1.807) is 30.0 Å². The largest absolute Gasteiger partial charge is 0.496 e. The van der Waals surface area contributed by atoms with Crippen LogP contribution >= 0.6 is 11.8 Å². The molecule has 7 heteroatoms. The number of nitro benzene ring substituents is 1. The number of amides is 1. The number of nitro groups is 1. The second kappa shape index (κ2) is 7.83. The van der Waals surface area contributed by atoms with Gasteiger partial charge in [-0.1, -0.05) is 13.8 Å². The number of hydrogen-bond donors (Lipinski definition) is 1. The topological polar surface area (TPSA) is 81.5 Å². The summed E-state index contributed by atoms with van der Waals surface area (Å²) in [5, 5.41) is 14.2. The minimum absolute atomic E-state index is 0.131. The molecule has 24 heavy (non-hydrogen) atoms. The van der Waals surface area contributed by atoms with Gasteiger partial charge in [-0.25, -0.2) is 0 Å². The third-order valence-corrected chi connectivity index (χ3v) is 4.15. The molecule has 1 amide bonds. The second-order valence-electron chi connectivity index (χ2n) is 5.29. The average molecular weight is 346 g/mol. The summed E-state index contributed by atoms with van der Waals surface area (Å²) >= 11 is 1.70. The number of carbonyl (C=O) groups is 1. The zero-order chi connectivity index (χ0) is 17.7. The van der Waals surface area contributed by atoms with Crippen LogP contribution in [0.25, 0.3) is 0 Å². The van der Waals surface area contributed by atoms with Crippen molar-refractivity contribution in [3.63, 3.8) is 0 Å². The van der Waals surface area contributed by atoms with Crippen LogP contribution < -0.4 is 10.1 Å². The van der Waals surface area contributed by atoms with E-state index in [4.69, 9.17) is 4.74 Å². The Morgan fingerprint density at radius 3 is 2.42 bits per heavy atom. The lowest BCUT2D eigenvalue weighted by Crippen LogP contribution is -2.13. The average Bonchev–Trinajstić information content (AvgIpc) is 2.55. The van der Waals surface area contributed by atoms with Gasteiger partial charge in [0.15, 0.2) is 0 Å². The van der Waals surface area contributed by atoms with Gasteiger partial charge >= 0.3 is 0 Å². The van der Waals surface area contributed by atoms with E-state index in [1.807, 2.05) is 12.1 Å². The highest BCUT2D eigenvalue weighted by Crippen LogP contribution is 2.29. The molecule has 0 fully saturated rings. The zero-order valence-electron chi connectivity index (χ0n) is 13.6. The molecule has 2 rings (SSSR count). The van der Waals surface area contributed by atoms with Crippen LogP contribution in [0.4, 0.5) is 11.4 Å². The lowest BCUT2D eigenvalue weighted by molar-refractivity contribution is -0.384. The first-order valence-corrected chi connectivity index (χ1v) is 8.19. The number of rotatable bonds is 6. The number of benzene rings is 2. The van der Waals surface area contributed by atoms with Crippen molar-refractivity contribution in [2.45, 2.75) is 24.0 Å². The number of nitrogens with one attached hydrogen (secondary N) is 1. The zero-order valence-corrected chi connectivity index (χ0v) is 14.4. The molecule has 0 radical (unpaired) electrons. The van der Waals surface area contributed by atoms with E-state index in [9.17, 15) is 14.9 Å². The van der Waals surface area contributed by atoms with E-state index in [1.165, 1.54) is 19.2 Å². The maximum atomic E-state index is 12.3. The van der Waals surface area contributed by atoms with Crippen LogP contribution in [0, 0.1) is 10.1 Å². The van der Waals surface area contributed by atoms with Gasteiger partial charge in [0.05, 0.1) is 18.1 Å². The van der Waals surface area contributed by atoms with Gasteiger partial charge in [-0.15, -0.1) is 11.8 Å². The molecule has 0 saturated carbocycles. The predicted molar refractivity (Wildman–Crippen MR) is 95.0 cm³/mol. The van der Waals surface area contributed by atoms with Crippen LogP contribution in [0.5, 0.6) is 5.75 Å². The third-order valence-electron chi connectivity index (χ3n) is 3.14. The molecule has 0 unspecified atom stereocenters. The molecular weight excluding hydrogens is 328 g/mol. The minimum Gasteiger partial charge on any atom is -0.496 e. The highest BCUT2D eigenvalue weighted by atomic mass is 32.2. The number of hydrogen-bond acceptors (Lipinski definition) is 5. The van der Waals surface area contributed by atoms with Crippen molar-refractivity contribution >= 4 is 29.0 Å². The van der Waals surface area contributed by atoms with E-state index in [-0.39, 0.29) is 11.4 Å². The molecule has 0 bridgehead atoms. The van der Waals surface area contributed by atoms with Crippen molar-refractivity contribution in [2.24, 2.45) is 0 Å².